The maximum Gasteiger partial charge on any atom is 0.191 e. The van der Waals surface area contributed by atoms with Crippen molar-refractivity contribution in [3.63, 3.8) is 0 Å². The minimum absolute atomic E-state index is 0. The molecule has 1 atom stereocenters. The second kappa shape index (κ2) is 12.5. The summed E-state index contributed by atoms with van der Waals surface area (Å²) in [6, 6.07) is 18.9. The summed E-state index contributed by atoms with van der Waals surface area (Å²) >= 11 is 1.63. The van der Waals surface area contributed by atoms with Crippen LogP contribution in [0.4, 0.5) is 0 Å². The van der Waals surface area contributed by atoms with Crippen LogP contribution in [0.2, 0.25) is 0 Å². The summed E-state index contributed by atoms with van der Waals surface area (Å²) in [5.74, 6) is 0.679. The zero-order valence-corrected chi connectivity index (χ0v) is 21.4. The Bertz CT molecular complexity index is 987. The molecule has 1 aromatic heterocycles. The number of morpholine rings is 1. The Balaban J connectivity index is 0.00000289. The lowest BCUT2D eigenvalue weighted by Crippen LogP contribution is -2.39. The zero-order valence-electron chi connectivity index (χ0n) is 18.3. The summed E-state index contributed by atoms with van der Waals surface area (Å²) in [6.45, 7) is 5.64. The van der Waals surface area contributed by atoms with Gasteiger partial charge in [0.1, 0.15) is 6.10 Å². The van der Waals surface area contributed by atoms with E-state index in [1.54, 1.807) is 18.4 Å². The van der Waals surface area contributed by atoms with Crippen LogP contribution in [-0.4, -0.2) is 55.9 Å². The number of guanidine groups is 1. The van der Waals surface area contributed by atoms with Gasteiger partial charge in [-0.25, -0.2) is 0 Å². The van der Waals surface area contributed by atoms with Crippen molar-refractivity contribution in [2.24, 2.45) is 4.99 Å². The molecule has 3 aromatic rings. The quantitative estimate of drug-likeness (QED) is 0.231. The van der Waals surface area contributed by atoms with Gasteiger partial charge < -0.3 is 20.5 Å². The van der Waals surface area contributed by atoms with Crippen LogP contribution in [0, 0.1) is 0 Å². The Morgan fingerprint density at radius 2 is 1.88 bits per heavy atom. The molecule has 6 nitrogen and oxygen atoms in total. The van der Waals surface area contributed by atoms with Gasteiger partial charge in [-0.2, -0.15) is 0 Å². The van der Waals surface area contributed by atoms with Gasteiger partial charge in [0.05, 0.1) is 13.2 Å². The number of fused-ring (bicyclic) bond motifs is 1. The van der Waals surface area contributed by atoms with E-state index < -0.39 is 6.10 Å². The molecular formula is C24H31IN4O2S. The number of aliphatic imine (C=N–C) groups is 1. The molecule has 0 spiro atoms. The van der Waals surface area contributed by atoms with Gasteiger partial charge in [-0.1, -0.05) is 42.5 Å². The Labute approximate surface area is 210 Å². The van der Waals surface area contributed by atoms with Crippen LogP contribution in [0.15, 0.2) is 59.6 Å². The van der Waals surface area contributed by atoms with Crippen LogP contribution in [0.25, 0.3) is 10.1 Å². The third kappa shape index (κ3) is 6.89. The van der Waals surface area contributed by atoms with E-state index in [9.17, 15) is 5.11 Å². The van der Waals surface area contributed by atoms with Gasteiger partial charge in [0, 0.05) is 49.3 Å². The van der Waals surface area contributed by atoms with Gasteiger partial charge in [-0.3, -0.25) is 9.89 Å². The smallest absolute Gasteiger partial charge is 0.191 e. The number of hydrogen-bond acceptors (Lipinski definition) is 5. The fourth-order valence-electron chi connectivity index (χ4n) is 3.72. The first-order valence-corrected chi connectivity index (χ1v) is 11.5. The number of rotatable bonds is 7. The molecule has 1 aliphatic heterocycles. The largest absolute Gasteiger partial charge is 0.386 e. The number of aliphatic hydroxyl groups excluding tert-OH is 1. The van der Waals surface area contributed by atoms with Crippen molar-refractivity contribution >= 4 is 51.4 Å². The van der Waals surface area contributed by atoms with Gasteiger partial charge >= 0.3 is 0 Å². The summed E-state index contributed by atoms with van der Waals surface area (Å²) in [4.78, 5) is 7.67. The topological polar surface area (TPSA) is 69.1 Å². The van der Waals surface area contributed by atoms with Crippen LogP contribution >= 0.6 is 35.3 Å². The Morgan fingerprint density at radius 1 is 1.09 bits per heavy atom. The average Bonchev–Trinajstić information content (AvgIpc) is 3.24. The summed E-state index contributed by atoms with van der Waals surface area (Å²) < 4.78 is 6.62. The van der Waals surface area contributed by atoms with Crippen molar-refractivity contribution < 1.29 is 9.84 Å². The number of thiophene rings is 1. The van der Waals surface area contributed by atoms with E-state index in [2.05, 4.69) is 63.0 Å². The molecule has 172 valence electrons. The first kappa shape index (κ1) is 24.9. The fourth-order valence-corrected chi connectivity index (χ4v) is 4.77. The van der Waals surface area contributed by atoms with E-state index in [4.69, 9.17) is 4.74 Å². The van der Waals surface area contributed by atoms with Crippen molar-refractivity contribution in [1.82, 2.24) is 15.5 Å². The van der Waals surface area contributed by atoms with E-state index in [0.717, 1.165) is 37.7 Å². The van der Waals surface area contributed by atoms with Gasteiger partial charge in [-0.15, -0.1) is 35.3 Å². The van der Waals surface area contributed by atoms with Crippen molar-refractivity contribution in [3.8, 4) is 0 Å². The van der Waals surface area contributed by atoms with Crippen molar-refractivity contribution in [1.29, 1.82) is 0 Å². The molecule has 2 aromatic carbocycles. The van der Waals surface area contributed by atoms with E-state index in [1.807, 2.05) is 12.1 Å². The molecule has 0 radical (unpaired) electrons. The van der Waals surface area contributed by atoms with Gasteiger partial charge in [0.25, 0.3) is 0 Å². The van der Waals surface area contributed by atoms with E-state index in [1.165, 1.54) is 21.2 Å². The van der Waals surface area contributed by atoms with Crippen LogP contribution in [-0.2, 0) is 17.8 Å². The zero-order chi connectivity index (χ0) is 21.5. The highest BCUT2D eigenvalue weighted by molar-refractivity contribution is 14.0. The number of benzene rings is 2. The average molecular weight is 567 g/mol. The van der Waals surface area contributed by atoms with E-state index in [-0.39, 0.29) is 24.0 Å². The fraction of sp³-hybridized carbons (Fsp3) is 0.375. The maximum absolute atomic E-state index is 10.6. The summed E-state index contributed by atoms with van der Waals surface area (Å²) in [5, 5.41) is 18.3. The number of hydrogen-bond donors (Lipinski definition) is 3. The molecule has 0 aliphatic carbocycles. The first-order chi connectivity index (χ1) is 15.2. The normalized spacial score (nSPS) is 15.9. The molecule has 2 heterocycles. The van der Waals surface area contributed by atoms with E-state index >= 15 is 0 Å². The molecule has 0 saturated carbocycles. The molecule has 1 saturated heterocycles. The lowest BCUT2D eigenvalue weighted by molar-refractivity contribution is 0.0342. The third-order valence-electron chi connectivity index (χ3n) is 5.42. The maximum atomic E-state index is 10.6. The van der Waals surface area contributed by atoms with Crippen molar-refractivity contribution in [2.75, 3.05) is 39.9 Å². The molecule has 4 rings (SSSR count). The van der Waals surface area contributed by atoms with Crippen LogP contribution in [0.1, 0.15) is 22.1 Å². The lowest BCUT2D eigenvalue weighted by Gasteiger charge is -2.26. The highest BCUT2D eigenvalue weighted by atomic mass is 127. The Hall–Kier alpha value is -1.72. The number of halogens is 1. The van der Waals surface area contributed by atoms with Gasteiger partial charge in [0.15, 0.2) is 5.96 Å². The monoisotopic (exact) mass is 566 g/mol. The molecule has 1 aliphatic rings. The SMILES string of the molecule is CN=C(NCc1cccc(CN2CCOCC2)c1)NCC(O)c1cc2ccccc2s1.I. The summed E-state index contributed by atoms with van der Waals surface area (Å²) in [7, 11) is 1.75. The second-order valence-electron chi connectivity index (χ2n) is 7.72. The van der Waals surface area contributed by atoms with Gasteiger partial charge in [0.2, 0.25) is 0 Å². The van der Waals surface area contributed by atoms with Crippen LogP contribution in [0.5, 0.6) is 0 Å². The molecule has 8 heteroatoms. The molecule has 1 unspecified atom stereocenters. The minimum Gasteiger partial charge on any atom is -0.386 e. The highest BCUT2D eigenvalue weighted by Crippen LogP contribution is 2.29. The number of nitrogens with zero attached hydrogens (tertiary/aromatic N) is 2. The molecule has 0 amide bonds. The predicted molar refractivity (Wildman–Crippen MR) is 143 cm³/mol. The van der Waals surface area contributed by atoms with Crippen LogP contribution < -0.4 is 10.6 Å². The number of aliphatic hydroxyl groups is 1. The predicted octanol–water partition coefficient (Wildman–Crippen LogP) is 3.75. The Kier molecular flexibility index (Phi) is 9.73. The first-order valence-electron chi connectivity index (χ1n) is 10.7. The molecule has 32 heavy (non-hydrogen) atoms. The Morgan fingerprint density at radius 3 is 2.66 bits per heavy atom. The van der Waals surface area contributed by atoms with Crippen molar-refractivity contribution in [3.05, 3.63) is 70.6 Å². The standard InChI is InChI=1S/C24H30N4O2S.HI/c1-25-24(27-16-21(29)23-14-20-7-2-3-8-22(20)31-23)26-15-18-5-4-6-19(13-18)17-28-9-11-30-12-10-28;/h2-8,13-14,21,29H,9-12,15-17H2,1H3,(H2,25,26,27);1H. The highest BCUT2D eigenvalue weighted by Gasteiger charge is 2.13. The minimum atomic E-state index is -0.576. The second-order valence-corrected chi connectivity index (χ2v) is 8.83. The van der Waals surface area contributed by atoms with Crippen molar-refractivity contribution in [2.45, 2.75) is 19.2 Å². The van der Waals surface area contributed by atoms with Gasteiger partial charge in [-0.05, 0) is 28.6 Å². The van der Waals surface area contributed by atoms with E-state index in [0.29, 0.717) is 19.0 Å². The lowest BCUT2D eigenvalue weighted by atomic mass is 10.1. The molecular weight excluding hydrogens is 535 g/mol. The molecule has 0 bridgehead atoms. The molecule has 1 fully saturated rings. The van der Waals surface area contributed by atoms with Crippen LogP contribution in [0.3, 0.4) is 0 Å². The molecule has 3 N–H and O–H groups in total. The number of ether oxygens (including phenoxy) is 1. The third-order valence-corrected chi connectivity index (χ3v) is 6.64. The summed E-state index contributed by atoms with van der Waals surface area (Å²) in [5.41, 5.74) is 2.52. The summed E-state index contributed by atoms with van der Waals surface area (Å²) in [6.07, 6.45) is -0.576. The number of nitrogens with one attached hydrogen (secondary N) is 2.